The number of nitrogens with zero attached hydrogens (tertiary/aromatic N) is 3. The topological polar surface area (TPSA) is 96.2 Å². The van der Waals surface area contributed by atoms with Crippen molar-refractivity contribution in [2.75, 3.05) is 23.8 Å². The van der Waals surface area contributed by atoms with Gasteiger partial charge >= 0.3 is 0 Å². The van der Waals surface area contributed by atoms with Crippen LogP contribution in [0.5, 0.6) is 0 Å². The summed E-state index contributed by atoms with van der Waals surface area (Å²) in [5.74, 6) is 4.56. The smallest absolute Gasteiger partial charge is 0.244 e. The number of hydrogen-bond acceptors (Lipinski definition) is 6. The van der Waals surface area contributed by atoms with Crippen LogP contribution >= 0.6 is 0 Å². The van der Waals surface area contributed by atoms with E-state index in [0.29, 0.717) is 0 Å². The minimum Gasteiger partial charge on any atom is -0.356 e. The first-order valence-corrected chi connectivity index (χ1v) is 6.66. The molecule has 110 valence electrons. The molecular weight excluding hydrogens is 263 g/mol. The van der Waals surface area contributed by atoms with Gasteiger partial charge in [-0.2, -0.15) is 4.98 Å². The highest BCUT2D eigenvalue weighted by molar-refractivity contribution is 5.84. The van der Waals surface area contributed by atoms with E-state index in [1.54, 1.807) is 11.8 Å². The lowest BCUT2D eigenvalue weighted by molar-refractivity contribution is -0.132. The molecule has 1 fully saturated rings. The Kier molecular flexibility index (Phi) is 4.67. The number of amides is 1. The molecule has 2 heterocycles. The highest BCUT2D eigenvalue weighted by Crippen LogP contribution is 2.15. The third kappa shape index (κ3) is 3.32. The van der Waals surface area contributed by atoms with Crippen molar-refractivity contribution in [1.29, 1.82) is 0 Å². The summed E-state index contributed by atoms with van der Waals surface area (Å²) in [5, 5.41) is 2.77. The van der Waals surface area contributed by atoms with Gasteiger partial charge < -0.3 is 10.2 Å². The summed E-state index contributed by atoms with van der Waals surface area (Å²) in [6.07, 6.45) is 4.18. The summed E-state index contributed by atoms with van der Waals surface area (Å²) in [6.45, 7) is 3.20. The van der Waals surface area contributed by atoms with Gasteiger partial charge in [-0.1, -0.05) is 0 Å². The van der Waals surface area contributed by atoms with E-state index in [-0.39, 0.29) is 17.7 Å². The van der Waals surface area contributed by atoms with Crippen LogP contribution in [0.3, 0.4) is 0 Å². The van der Waals surface area contributed by atoms with Crippen LogP contribution in [0.1, 0.15) is 26.2 Å². The second kappa shape index (κ2) is 6.47. The molecule has 20 heavy (non-hydrogen) atoms. The Balaban J connectivity index is 2.03. The maximum absolute atomic E-state index is 13.6. The predicted molar refractivity (Wildman–Crippen MR) is 73.3 cm³/mol. The van der Waals surface area contributed by atoms with Gasteiger partial charge in [0.1, 0.15) is 6.04 Å². The first kappa shape index (κ1) is 14.4. The van der Waals surface area contributed by atoms with Crippen molar-refractivity contribution >= 4 is 17.7 Å². The highest BCUT2D eigenvalue weighted by Gasteiger charge is 2.23. The first-order valence-electron chi connectivity index (χ1n) is 6.66. The van der Waals surface area contributed by atoms with Crippen LogP contribution in [0.4, 0.5) is 16.2 Å². The summed E-state index contributed by atoms with van der Waals surface area (Å²) in [7, 11) is 0. The van der Waals surface area contributed by atoms with E-state index < -0.39 is 11.9 Å². The molecule has 1 atom stereocenters. The minimum absolute atomic E-state index is 0.0363. The van der Waals surface area contributed by atoms with E-state index >= 15 is 0 Å². The van der Waals surface area contributed by atoms with Gasteiger partial charge in [0.05, 0.1) is 6.20 Å². The van der Waals surface area contributed by atoms with E-state index in [9.17, 15) is 9.18 Å². The molecule has 1 aliphatic rings. The van der Waals surface area contributed by atoms with E-state index in [1.807, 2.05) is 0 Å². The molecule has 8 heteroatoms. The lowest BCUT2D eigenvalue weighted by Crippen LogP contribution is -2.44. The van der Waals surface area contributed by atoms with Crippen LogP contribution in [0.2, 0.25) is 0 Å². The molecule has 1 aromatic rings. The second-order valence-corrected chi connectivity index (χ2v) is 4.79. The van der Waals surface area contributed by atoms with Crippen molar-refractivity contribution in [3.05, 3.63) is 12.0 Å². The van der Waals surface area contributed by atoms with Gasteiger partial charge in [-0.25, -0.2) is 15.2 Å². The molecule has 1 amide bonds. The maximum Gasteiger partial charge on any atom is 0.244 e. The highest BCUT2D eigenvalue weighted by atomic mass is 19.1. The number of aromatic nitrogens is 2. The minimum atomic E-state index is -0.623. The third-order valence-corrected chi connectivity index (χ3v) is 3.26. The molecule has 1 saturated heterocycles. The number of carbonyl (C=O) groups is 1. The van der Waals surface area contributed by atoms with Crippen molar-refractivity contribution in [3.8, 4) is 0 Å². The number of halogens is 1. The average molecular weight is 282 g/mol. The molecule has 1 aliphatic heterocycles. The van der Waals surface area contributed by atoms with Crippen LogP contribution in [0, 0.1) is 5.82 Å². The molecule has 1 unspecified atom stereocenters. The SMILES string of the molecule is CC(Nc1nc(NN)ncc1F)C(=O)N1CCCCC1. The number of hydrogen-bond donors (Lipinski definition) is 3. The maximum atomic E-state index is 13.6. The van der Waals surface area contributed by atoms with Gasteiger partial charge in [0.15, 0.2) is 11.6 Å². The number of carbonyl (C=O) groups excluding carboxylic acids is 1. The standard InChI is InChI=1S/C12H19FN6O/c1-8(11(20)19-5-3-2-4-6-19)16-10-9(13)7-15-12(17-10)18-14/h7-8H,2-6,14H2,1H3,(H2,15,16,17,18). The number of likely N-dealkylation sites (tertiary alicyclic amines) is 1. The van der Waals surface area contributed by atoms with Crippen molar-refractivity contribution < 1.29 is 9.18 Å². The monoisotopic (exact) mass is 282 g/mol. The Bertz CT molecular complexity index is 477. The normalized spacial score (nSPS) is 16.6. The first-order chi connectivity index (χ1) is 9.61. The lowest BCUT2D eigenvalue weighted by Gasteiger charge is -2.29. The number of hydrazine groups is 1. The average Bonchev–Trinajstić information content (AvgIpc) is 2.49. The molecule has 7 nitrogen and oxygen atoms in total. The molecule has 0 spiro atoms. The molecule has 0 aromatic carbocycles. The van der Waals surface area contributed by atoms with Gasteiger partial charge in [-0.3, -0.25) is 10.2 Å². The molecule has 1 aromatic heterocycles. The number of nitrogens with two attached hydrogens (primary N) is 1. The largest absolute Gasteiger partial charge is 0.356 e. The molecule has 0 radical (unpaired) electrons. The number of piperidine rings is 1. The summed E-state index contributed by atoms with van der Waals surface area (Å²) in [4.78, 5) is 21.5. The number of nitrogens with one attached hydrogen (secondary N) is 2. The Labute approximate surface area is 116 Å². The van der Waals surface area contributed by atoms with Gasteiger partial charge in [0.2, 0.25) is 11.9 Å². The van der Waals surface area contributed by atoms with Crippen LogP contribution in [0.25, 0.3) is 0 Å². The summed E-state index contributed by atoms with van der Waals surface area (Å²) >= 11 is 0. The summed E-state index contributed by atoms with van der Waals surface area (Å²) in [6, 6.07) is -0.553. The zero-order chi connectivity index (χ0) is 14.5. The van der Waals surface area contributed by atoms with Crippen molar-refractivity contribution in [1.82, 2.24) is 14.9 Å². The zero-order valence-electron chi connectivity index (χ0n) is 11.4. The van der Waals surface area contributed by atoms with E-state index in [0.717, 1.165) is 38.5 Å². The fourth-order valence-electron chi connectivity index (χ4n) is 2.19. The number of rotatable bonds is 4. The fraction of sp³-hybridized carbons (Fsp3) is 0.583. The molecule has 0 aliphatic carbocycles. The molecule has 0 saturated carbocycles. The Morgan fingerprint density at radius 3 is 2.80 bits per heavy atom. The third-order valence-electron chi connectivity index (χ3n) is 3.26. The van der Waals surface area contributed by atoms with Crippen LogP contribution in [-0.4, -0.2) is 39.9 Å². The van der Waals surface area contributed by atoms with Crippen molar-refractivity contribution in [2.24, 2.45) is 5.84 Å². The molecule has 2 rings (SSSR count). The fourth-order valence-corrected chi connectivity index (χ4v) is 2.19. The lowest BCUT2D eigenvalue weighted by atomic mass is 10.1. The van der Waals surface area contributed by atoms with Gasteiger partial charge in [-0.05, 0) is 26.2 Å². The van der Waals surface area contributed by atoms with E-state index in [1.165, 1.54) is 0 Å². The van der Waals surface area contributed by atoms with E-state index in [4.69, 9.17) is 5.84 Å². The molecular formula is C12H19FN6O. The van der Waals surface area contributed by atoms with E-state index in [2.05, 4.69) is 20.7 Å². The number of nitrogen functional groups attached to an aromatic ring is 1. The predicted octanol–water partition coefficient (Wildman–Crippen LogP) is 0.714. The van der Waals surface area contributed by atoms with Crippen molar-refractivity contribution in [3.63, 3.8) is 0 Å². The van der Waals surface area contributed by atoms with Gasteiger partial charge in [0.25, 0.3) is 0 Å². The molecule has 4 N–H and O–H groups in total. The zero-order valence-corrected chi connectivity index (χ0v) is 11.4. The van der Waals surface area contributed by atoms with Crippen LogP contribution in [-0.2, 0) is 4.79 Å². The summed E-state index contributed by atoms with van der Waals surface area (Å²) < 4.78 is 13.6. The van der Waals surface area contributed by atoms with Crippen LogP contribution < -0.4 is 16.6 Å². The van der Waals surface area contributed by atoms with Crippen LogP contribution in [0.15, 0.2) is 6.20 Å². The molecule has 0 bridgehead atoms. The van der Waals surface area contributed by atoms with Gasteiger partial charge in [-0.15, -0.1) is 0 Å². The quantitative estimate of drug-likeness (QED) is 0.556. The Morgan fingerprint density at radius 1 is 1.45 bits per heavy atom. The Morgan fingerprint density at radius 2 is 2.15 bits per heavy atom. The summed E-state index contributed by atoms with van der Waals surface area (Å²) in [5.41, 5.74) is 2.24. The second-order valence-electron chi connectivity index (χ2n) is 4.79. The number of anilines is 2. The van der Waals surface area contributed by atoms with Crippen molar-refractivity contribution in [2.45, 2.75) is 32.2 Å². The van der Waals surface area contributed by atoms with Gasteiger partial charge in [0, 0.05) is 13.1 Å². The Hall–Kier alpha value is -1.96.